The lowest BCUT2D eigenvalue weighted by molar-refractivity contribution is 0.376. The molecule has 0 spiro atoms. The van der Waals surface area contributed by atoms with Gasteiger partial charge in [0.25, 0.3) is 0 Å². The number of likely N-dealkylation sites (N-methyl/N-ethyl adjacent to an activating group) is 1. The third-order valence-electron chi connectivity index (χ3n) is 5.51. The van der Waals surface area contributed by atoms with Crippen LogP contribution in [0, 0.1) is 29.6 Å². The van der Waals surface area contributed by atoms with Gasteiger partial charge >= 0.3 is 0 Å². The molecule has 92 valence electrons. The quantitative estimate of drug-likeness (QED) is 0.886. The van der Waals surface area contributed by atoms with Crippen LogP contribution >= 0.6 is 11.3 Å². The Balaban J connectivity index is 1.48. The Morgan fingerprint density at radius 3 is 2.76 bits per heavy atom. The molecule has 0 saturated heterocycles. The summed E-state index contributed by atoms with van der Waals surface area (Å²) in [5.41, 5.74) is 0. The lowest BCUT2D eigenvalue weighted by atomic mass is 9.96. The van der Waals surface area contributed by atoms with Gasteiger partial charge in [0.15, 0.2) is 0 Å². The molecule has 1 aromatic heterocycles. The van der Waals surface area contributed by atoms with E-state index in [1.807, 2.05) is 6.20 Å². The van der Waals surface area contributed by atoms with Crippen LogP contribution in [0.2, 0.25) is 0 Å². The molecule has 3 fully saturated rings. The van der Waals surface area contributed by atoms with E-state index in [4.69, 9.17) is 0 Å². The van der Waals surface area contributed by atoms with Crippen LogP contribution in [0.4, 0.5) is 0 Å². The molecule has 3 aliphatic carbocycles. The Kier molecular flexibility index (Phi) is 2.34. The van der Waals surface area contributed by atoms with Gasteiger partial charge in [-0.3, -0.25) is 0 Å². The van der Waals surface area contributed by atoms with Crippen molar-refractivity contribution in [1.29, 1.82) is 0 Å². The zero-order valence-electron chi connectivity index (χ0n) is 10.3. The van der Waals surface area contributed by atoms with E-state index in [1.165, 1.54) is 17.8 Å². The highest BCUT2D eigenvalue weighted by Crippen LogP contribution is 2.70. The van der Waals surface area contributed by atoms with Crippen molar-refractivity contribution in [3.8, 4) is 0 Å². The molecule has 2 bridgehead atoms. The third kappa shape index (κ3) is 1.52. The molecule has 0 amide bonds. The predicted molar refractivity (Wildman–Crippen MR) is 70.0 cm³/mol. The zero-order chi connectivity index (χ0) is 11.4. The average molecular weight is 248 g/mol. The number of nitrogens with one attached hydrogen (secondary N) is 1. The highest BCUT2D eigenvalue weighted by molar-refractivity contribution is 7.09. The van der Waals surface area contributed by atoms with Crippen LogP contribution in [-0.4, -0.2) is 18.1 Å². The molecular weight excluding hydrogens is 228 g/mol. The smallest absolute Gasteiger partial charge is 0.0940 e. The molecule has 5 atom stereocenters. The molecule has 3 aliphatic rings. The van der Waals surface area contributed by atoms with Gasteiger partial charge < -0.3 is 5.32 Å². The van der Waals surface area contributed by atoms with Crippen molar-refractivity contribution in [1.82, 2.24) is 10.3 Å². The second-order valence-corrected chi connectivity index (χ2v) is 7.07. The highest BCUT2D eigenvalue weighted by atomic mass is 32.1. The third-order valence-corrected chi connectivity index (χ3v) is 6.31. The number of nitrogens with zero attached hydrogens (tertiary/aromatic N) is 1. The summed E-state index contributed by atoms with van der Waals surface area (Å²) in [4.78, 5) is 4.44. The molecule has 2 nitrogen and oxygen atoms in total. The normalized spacial score (nSPS) is 43.7. The number of hydrogen-bond acceptors (Lipinski definition) is 3. The largest absolute Gasteiger partial charge is 0.316 e. The summed E-state index contributed by atoms with van der Waals surface area (Å²) in [5.74, 6) is 5.29. The minimum Gasteiger partial charge on any atom is -0.316 e. The first-order valence-electron chi connectivity index (χ1n) is 6.94. The second-order valence-electron chi connectivity index (χ2n) is 6.09. The van der Waals surface area contributed by atoms with Gasteiger partial charge in [-0.2, -0.15) is 0 Å². The molecule has 3 heteroatoms. The monoisotopic (exact) mass is 248 g/mol. The Morgan fingerprint density at radius 1 is 1.41 bits per heavy atom. The maximum absolute atomic E-state index is 4.44. The van der Waals surface area contributed by atoms with Gasteiger partial charge in [0.05, 0.1) is 5.01 Å². The van der Waals surface area contributed by atoms with Gasteiger partial charge in [-0.05, 0) is 55.9 Å². The van der Waals surface area contributed by atoms with Gasteiger partial charge in [-0.15, -0.1) is 11.3 Å². The number of thiazole rings is 1. The van der Waals surface area contributed by atoms with Crippen molar-refractivity contribution in [2.24, 2.45) is 29.6 Å². The molecule has 4 rings (SSSR count). The summed E-state index contributed by atoms with van der Waals surface area (Å²) < 4.78 is 0. The number of fused-ring (bicyclic) bond motifs is 5. The second kappa shape index (κ2) is 3.79. The van der Waals surface area contributed by atoms with Crippen LogP contribution in [0.15, 0.2) is 11.6 Å². The van der Waals surface area contributed by atoms with Crippen molar-refractivity contribution in [2.45, 2.75) is 31.7 Å². The van der Waals surface area contributed by atoms with Gasteiger partial charge in [0, 0.05) is 24.0 Å². The fraction of sp³-hybridized carbons (Fsp3) is 0.786. The van der Waals surface area contributed by atoms with Crippen LogP contribution in [-0.2, 0) is 6.42 Å². The Labute approximate surface area is 107 Å². The van der Waals surface area contributed by atoms with Crippen molar-refractivity contribution >= 4 is 11.3 Å². The van der Waals surface area contributed by atoms with Gasteiger partial charge in [0.1, 0.15) is 0 Å². The Bertz CT molecular complexity index is 386. The van der Waals surface area contributed by atoms with Crippen LogP contribution in [0.1, 0.15) is 24.3 Å². The van der Waals surface area contributed by atoms with Crippen molar-refractivity contribution < 1.29 is 0 Å². The number of hydrogen-bond donors (Lipinski definition) is 1. The average Bonchev–Trinajstić information content (AvgIpc) is 2.82. The molecular formula is C14H20N2S. The van der Waals surface area contributed by atoms with Crippen LogP contribution in [0.3, 0.4) is 0 Å². The summed E-state index contributed by atoms with van der Waals surface area (Å²) in [6.45, 7) is 0. The van der Waals surface area contributed by atoms with Crippen LogP contribution in [0.5, 0.6) is 0 Å². The first-order chi connectivity index (χ1) is 8.38. The van der Waals surface area contributed by atoms with Crippen LogP contribution in [0.25, 0.3) is 0 Å². The fourth-order valence-electron chi connectivity index (χ4n) is 4.90. The molecule has 3 saturated carbocycles. The lowest BCUT2D eigenvalue weighted by Crippen LogP contribution is -2.32. The SMILES string of the molecule is CNC(Cc1nccs1)C1C2C3CCC(C3)C21. The van der Waals surface area contributed by atoms with Gasteiger partial charge in [-0.1, -0.05) is 0 Å². The van der Waals surface area contributed by atoms with E-state index in [0.29, 0.717) is 6.04 Å². The van der Waals surface area contributed by atoms with Gasteiger partial charge in [0.2, 0.25) is 0 Å². The highest BCUT2D eigenvalue weighted by Gasteiger charge is 2.66. The topological polar surface area (TPSA) is 24.9 Å². The van der Waals surface area contributed by atoms with E-state index in [2.05, 4.69) is 22.7 Å². The molecule has 17 heavy (non-hydrogen) atoms. The van der Waals surface area contributed by atoms with E-state index in [9.17, 15) is 0 Å². The number of aromatic nitrogens is 1. The maximum Gasteiger partial charge on any atom is 0.0940 e. The van der Waals surface area contributed by atoms with E-state index in [1.54, 1.807) is 17.8 Å². The summed E-state index contributed by atoms with van der Waals surface area (Å²) in [6, 6.07) is 0.680. The summed E-state index contributed by atoms with van der Waals surface area (Å²) in [5, 5.41) is 6.97. The lowest BCUT2D eigenvalue weighted by Gasteiger charge is -2.18. The van der Waals surface area contributed by atoms with E-state index in [0.717, 1.165) is 36.0 Å². The first kappa shape index (κ1) is 10.5. The minimum atomic E-state index is 0.680. The molecule has 1 heterocycles. The van der Waals surface area contributed by atoms with E-state index in [-0.39, 0.29) is 0 Å². The van der Waals surface area contributed by atoms with E-state index >= 15 is 0 Å². The van der Waals surface area contributed by atoms with Crippen molar-refractivity contribution in [3.63, 3.8) is 0 Å². The van der Waals surface area contributed by atoms with Gasteiger partial charge in [-0.25, -0.2) is 4.98 Å². The molecule has 0 aromatic carbocycles. The first-order valence-corrected chi connectivity index (χ1v) is 7.82. The zero-order valence-corrected chi connectivity index (χ0v) is 11.1. The number of rotatable bonds is 4. The molecule has 1 aromatic rings. The fourth-order valence-corrected chi connectivity index (χ4v) is 5.58. The standard InChI is InChI=1S/C14H20N2S/c1-15-10(7-11-16-4-5-17-11)14-12-8-2-3-9(6-8)13(12)14/h4-5,8-10,12-15H,2-3,6-7H2,1H3. The summed E-state index contributed by atoms with van der Waals surface area (Å²) in [6.07, 6.45) is 7.68. The van der Waals surface area contributed by atoms with Crippen molar-refractivity contribution in [2.75, 3.05) is 7.05 Å². The molecule has 0 aliphatic heterocycles. The summed E-state index contributed by atoms with van der Waals surface area (Å²) in [7, 11) is 2.13. The minimum absolute atomic E-state index is 0.680. The Hall–Kier alpha value is -0.410. The Morgan fingerprint density at radius 2 is 2.18 bits per heavy atom. The molecule has 5 unspecified atom stereocenters. The maximum atomic E-state index is 4.44. The summed E-state index contributed by atoms with van der Waals surface area (Å²) >= 11 is 1.81. The molecule has 0 radical (unpaired) electrons. The van der Waals surface area contributed by atoms with E-state index < -0.39 is 0 Å². The van der Waals surface area contributed by atoms with Crippen LogP contribution < -0.4 is 5.32 Å². The molecule has 1 N–H and O–H groups in total. The predicted octanol–water partition coefficient (Wildman–Crippen LogP) is 2.57. The van der Waals surface area contributed by atoms with Crippen molar-refractivity contribution in [3.05, 3.63) is 16.6 Å².